The molecule has 8 nitrogen and oxygen atoms in total. The summed E-state index contributed by atoms with van der Waals surface area (Å²) in [5, 5.41) is 20.5. The molecule has 6 rings (SSSR count). The second-order valence-electron chi connectivity index (χ2n) is 9.28. The van der Waals surface area contributed by atoms with Crippen molar-refractivity contribution in [2.24, 2.45) is 0 Å². The first-order valence-corrected chi connectivity index (χ1v) is 14.9. The van der Waals surface area contributed by atoms with Crippen LogP contribution in [-0.4, -0.2) is 36.4 Å². The van der Waals surface area contributed by atoms with Crippen LogP contribution in [0.25, 0.3) is 11.4 Å². The molecule has 1 N–H and O–H groups in total. The van der Waals surface area contributed by atoms with Crippen molar-refractivity contribution >= 4 is 67.3 Å². The van der Waals surface area contributed by atoms with E-state index in [1.165, 1.54) is 28.0 Å². The highest BCUT2D eigenvalue weighted by Gasteiger charge is 2.49. The Hall–Kier alpha value is -3.80. The molecule has 0 bridgehead atoms. The number of anilines is 1. The van der Waals surface area contributed by atoms with Crippen molar-refractivity contribution in [2.75, 3.05) is 4.90 Å². The number of amides is 1. The molecule has 200 valence electrons. The number of halogens is 1. The van der Waals surface area contributed by atoms with Gasteiger partial charge in [0.1, 0.15) is 11.3 Å². The van der Waals surface area contributed by atoms with E-state index in [1.807, 2.05) is 91.2 Å². The number of nitrogens with zero attached hydrogens (tertiary/aromatic N) is 5. The van der Waals surface area contributed by atoms with Gasteiger partial charge >= 0.3 is 5.91 Å². The fourth-order valence-corrected chi connectivity index (χ4v) is 7.01. The number of aliphatic hydroxyl groups excluding tert-OH is 1. The summed E-state index contributed by atoms with van der Waals surface area (Å²) in [5.41, 5.74) is 4.23. The summed E-state index contributed by atoms with van der Waals surface area (Å²) in [6.07, 6.45) is 1.85. The number of benzene rings is 2. The molecule has 0 aliphatic carbocycles. The number of aromatic nitrogens is 4. The van der Waals surface area contributed by atoms with E-state index in [4.69, 9.17) is 0 Å². The summed E-state index contributed by atoms with van der Waals surface area (Å²) in [7, 11) is 0. The van der Waals surface area contributed by atoms with E-state index < -0.39 is 17.7 Å². The number of carbonyl (C=O) groups excluding carboxylic acids is 2. The molecule has 1 aliphatic heterocycles. The van der Waals surface area contributed by atoms with Crippen molar-refractivity contribution in [3.8, 4) is 0 Å². The third-order valence-corrected chi connectivity index (χ3v) is 9.34. The van der Waals surface area contributed by atoms with Crippen LogP contribution in [0, 0.1) is 13.8 Å². The molecular formula is C29H22BrN5O3S2. The van der Waals surface area contributed by atoms with Gasteiger partial charge in [0.05, 0.1) is 17.3 Å². The number of pyridine rings is 1. The van der Waals surface area contributed by atoms with Crippen molar-refractivity contribution < 1.29 is 14.7 Å². The molecule has 5 aromatic rings. The highest BCUT2D eigenvalue weighted by molar-refractivity contribution is 9.10. The zero-order chi connectivity index (χ0) is 28.0. The van der Waals surface area contributed by atoms with Crippen LogP contribution in [-0.2, 0) is 15.3 Å². The maximum atomic E-state index is 13.6. The number of rotatable bonds is 6. The predicted molar refractivity (Wildman–Crippen MR) is 160 cm³/mol. The van der Waals surface area contributed by atoms with Crippen LogP contribution in [0.3, 0.4) is 0 Å². The number of hydrogen-bond acceptors (Lipinski definition) is 8. The number of thioether (sulfide) groups is 1. The van der Waals surface area contributed by atoms with E-state index in [9.17, 15) is 14.7 Å². The van der Waals surface area contributed by atoms with Crippen molar-refractivity contribution in [2.45, 2.75) is 30.0 Å². The highest BCUT2D eigenvalue weighted by Crippen LogP contribution is 2.44. The number of carbonyl (C=O) groups is 2. The van der Waals surface area contributed by atoms with Crippen LogP contribution in [0.4, 0.5) is 5.13 Å². The van der Waals surface area contributed by atoms with Crippen LogP contribution < -0.4 is 4.90 Å². The molecular weight excluding hydrogens is 610 g/mol. The van der Waals surface area contributed by atoms with Crippen LogP contribution in [0.1, 0.15) is 34.1 Å². The lowest BCUT2D eigenvalue weighted by atomic mass is 9.96. The normalized spacial score (nSPS) is 16.8. The number of aryl methyl sites for hydroxylation is 2. The zero-order valence-corrected chi connectivity index (χ0v) is 24.6. The molecule has 1 saturated heterocycles. The lowest BCUT2D eigenvalue weighted by Crippen LogP contribution is -2.29. The molecule has 1 fully saturated rings. The lowest BCUT2D eigenvalue weighted by Gasteiger charge is -2.22. The van der Waals surface area contributed by atoms with Gasteiger partial charge in [-0.2, -0.15) is 0 Å². The van der Waals surface area contributed by atoms with Gasteiger partial charge in [-0.25, -0.2) is 4.98 Å². The average molecular weight is 633 g/mol. The third kappa shape index (κ3) is 4.63. The molecule has 40 heavy (non-hydrogen) atoms. The van der Waals surface area contributed by atoms with Crippen LogP contribution in [0.2, 0.25) is 0 Å². The molecule has 1 amide bonds. The van der Waals surface area contributed by atoms with E-state index in [0.717, 1.165) is 15.6 Å². The van der Waals surface area contributed by atoms with Crippen molar-refractivity contribution in [3.63, 3.8) is 0 Å². The first-order chi connectivity index (χ1) is 19.3. The maximum Gasteiger partial charge on any atom is 0.301 e. The van der Waals surface area contributed by atoms with Crippen LogP contribution in [0.15, 0.2) is 87.3 Å². The SMILES string of the molecule is Cc1cccn2c(C)c(/C(O)=C3\C(=O)C(=O)N(c4nnc(SCc5ccccc5)s4)C3c3cccc(Br)c3)nc12. The van der Waals surface area contributed by atoms with Crippen molar-refractivity contribution in [1.82, 2.24) is 19.6 Å². The molecule has 0 radical (unpaired) electrons. The summed E-state index contributed by atoms with van der Waals surface area (Å²) in [4.78, 5) is 33.1. The summed E-state index contributed by atoms with van der Waals surface area (Å²) in [5.74, 6) is -1.21. The molecule has 4 heterocycles. The molecule has 11 heteroatoms. The van der Waals surface area contributed by atoms with E-state index in [0.29, 0.717) is 27.0 Å². The number of imidazole rings is 1. The maximum absolute atomic E-state index is 13.6. The van der Waals surface area contributed by atoms with E-state index in [1.54, 1.807) is 0 Å². The summed E-state index contributed by atoms with van der Waals surface area (Å²) in [6.45, 7) is 3.74. The van der Waals surface area contributed by atoms with Gasteiger partial charge in [0.25, 0.3) is 5.78 Å². The number of hydrogen-bond donors (Lipinski definition) is 1. The van der Waals surface area contributed by atoms with Crippen molar-refractivity contribution in [1.29, 1.82) is 0 Å². The van der Waals surface area contributed by atoms with Gasteiger partial charge in [0.15, 0.2) is 10.1 Å². The number of aliphatic hydroxyl groups is 1. The molecule has 2 aromatic carbocycles. The monoisotopic (exact) mass is 631 g/mol. The van der Waals surface area contributed by atoms with Crippen molar-refractivity contribution in [3.05, 3.63) is 111 Å². The lowest BCUT2D eigenvalue weighted by molar-refractivity contribution is -0.132. The Bertz CT molecular complexity index is 1820. The number of ketones is 1. The van der Waals surface area contributed by atoms with Gasteiger partial charge in [-0.1, -0.05) is 87.6 Å². The average Bonchev–Trinajstić information content (AvgIpc) is 3.63. The molecule has 1 aliphatic rings. The standard InChI is InChI=1S/C29H22BrN5O3S2/c1-16-8-7-13-34-17(2)22(31-26(16)34)24(36)21-23(19-11-6-12-20(30)14-19)35(27(38)25(21)37)28-32-33-29(40-28)39-15-18-9-4-3-5-10-18/h3-14,23,36H,15H2,1-2H3/b24-21+. The Morgan fingerprint density at radius 1 is 1.05 bits per heavy atom. The first kappa shape index (κ1) is 26.4. The smallest absolute Gasteiger partial charge is 0.301 e. The second kappa shape index (κ2) is 10.6. The molecule has 1 atom stereocenters. The summed E-state index contributed by atoms with van der Waals surface area (Å²) in [6, 6.07) is 20.2. The van der Waals surface area contributed by atoms with Gasteiger partial charge < -0.3 is 9.51 Å². The molecule has 3 aromatic heterocycles. The number of fused-ring (bicyclic) bond motifs is 1. The Morgan fingerprint density at radius 3 is 2.60 bits per heavy atom. The second-order valence-corrected chi connectivity index (χ2v) is 12.4. The van der Waals surface area contributed by atoms with Crippen LogP contribution in [0.5, 0.6) is 0 Å². The quantitative estimate of drug-likeness (QED) is 0.0752. The van der Waals surface area contributed by atoms with Gasteiger partial charge in [-0.15, -0.1) is 10.2 Å². The van der Waals surface area contributed by atoms with Gasteiger partial charge in [-0.3, -0.25) is 14.5 Å². The fourth-order valence-electron chi connectivity index (χ4n) is 4.77. The van der Waals surface area contributed by atoms with Gasteiger partial charge in [0.2, 0.25) is 5.13 Å². The van der Waals surface area contributed by atoms with Gasteiger partial charge in [-0.05, 0) is 48.7 Å². The largest absolute Gasteiger partial charge is 0.505 e. The summed E-state index contributed by atoms with van der Waals surface area (Å²) >= 11 is 6.23. The molecule has 0 spiro atoms. The Labute approximate surface area is 246 Å². The minimum atomic E-state index is -0.914. The third-order valence-electron chi connectivity index (χ3n) is 6.72. The van der Waals surface area contributed by atoms with E-state index in [-0.39, 0.29) is 22.2 Å². The molecule has 1 unspecified atom stereocenters. The van der Waals surface area contributed by atoms with E-state index >= 15 is 0 Å². The van der Waals surface area contributed by atoms with Gasteiger partial charge in [0, 0.05) is 16.4 Å². The predicted octanol–water partition coefficient (Wildman–Crippen LogP) is 6.48. The van der Waals surface area contributed by atoms with E-state index in [2.05, 4.69) is 31.1 Å². The minimum Gasteiger partial charge on any atom is -0.505 e. The Morgan fingerprint density at radius 2 is 1.85 bits per heavy atom. The highest BCUT2D eigenvalue weighted by atomic mass is 79.9. The summed E-state index contributed by atoms with van der Waals surface area (Å²) < 4.78 is 3.29. The topological polar surface area (TPSA) is 101 Å². The zero-order valence-electron chi connectivity index (χ0n) is 21.4. The Balaban J connectivity index is 1.45. The Kier molecular flexibility index (Phi) is 7.03. The molecule has 0 saturated carbocycles. The first-order valence-electron chi connectivity index (χ1n) is 12.3. The van der Waals surface area contributed by atoms with Crippen LogP contribution >= 0.6 is 39.0 Å². The minimum absolute atomic E-state index is 0.0408. The fraction of sp³-hybridized carbons (Fsp3) is 0.138. The number of Topliss-reactive ketones (excluding diaryl/α,β-unsaturated/α-hetero) is 1.